The van der Waals surface area contributed by atoms with Crippen LogP contribution >= 0.6 is 0 Å². The number of hydrogen-bond donors (Lipinski definition) is 0. The summed E-state index contributed by atoms with van der Waals surface area (Å²) in [6.45, 7) is 6.76. The average Bonchev–Trinajstić information content (AvgIpc) is 2.48. The lowest BCUT2D eigenvalue weighted by molar-refractivity contribution is 0.305. The van der Waals surface area contributed by atoms with Crippen LogP contribution in [0.4, 0.5) is 0 Å². The van der Waals surface area contributed by atoms with E-state index in [0.717, 1.165) is 11.3 Å². The number of nitriles is 1. The largest absolute Gasteiger partial charge is 0.494 e. The van der Waals surface area contributed by atoms with Gasteiger partial charge >= 0.3 is 0 Å². The van der Waals surface area contributed by atoms with E-state index >= 15 is 0 Å². The highest BCUT2D eigenvalue weighted by atomic mass is 16.5. The van der Waals surface area contributed by atoms with Crippen molar-refractivity contribution in [3.05, 3.63) is 64.7 Å². The first kappa shape index (κ1) is 15.1. The molecule has 0 aromatic heterocycles. The van der Waals surface area contributed by atoms with Crippen molar-refractivity contribution in [3.63, 3.8) is 0 Å². The molecule has 0 bridgehead atoms. The summed E-state index contributed by atoms with van der Waals surface area (Å²) < 4.78 is 5.77. The highest BCUT2D eigenvalue weighted by molar-refractivity contribution is 5.34. The van der Waals surface area contributed by atoms with Crippen LogP contribution in [0, 0.1) is 32.1 Å². The third-order valence-corrected chi connectivity index (χ3v) is 3.79. The third-order valence-electron chi connectivity index (χ3n) is 3.79. The second kappa shape index (κ2) is 6.95. The average molecular weight is 279 g/mol. The Morgan fingerprint density at radius 1 is 1.00 bits per heavy atom. The molecular formula is C19H21NO. The van der Waals surface area contributed by atoms with Gasteiger partial charge in [-0.1, -0.05) is 35.9 Å². The summed E-state index contributed by atoms with van der Waals surface area (Å²) in [7, 11) is 0. The van der Waals surface area contributed by atoms with Crippen molar-refractivity contribution < 1.29 is 4.74 Å². The van der Waals surface area contributed by atoms with Crippen molar-refractivity contribution in [3.8, 4) is 11.8 Å². The molecule has 0 aliphatic heterocycles. The SMILES string of the molecule is Cc1ccc(C(C#N)CCOc2ccc(C)c(C)c2)cc1. The van der Waals surface area contributed by atoms with Gasteiger partial charge in [-0.3, -0.25) is 0 Å². The van der Waals surface area contributed by atoms with Gasteiger partial charge in [0.25, 0.3) is 0 Å². The Morgan fingerprint density at radius 3 is 2.33 bits per heavy atom. The highest BCUT2D eigenvalue weighted by Gasteiger charge is 2.10. The first-order chi connectivity index (χ1) is 10.1. The van der Waals surface area contributed by atoms with Gasteiger partial charge in [0.2, 0.25) is 0 Å². The van der Waals surface area contributed by atoms with Gasteiger partial charge in [0, 0.05) is 6.42 Å². The second-order valence-corrected chi connectivity index (χ2v) is 5.48. The molecule has 2 rings (SSSR count). The third kappa shape index (κ3) is 4.10. The fourth-order valence-corrected chi connectivity index (χ4v) is 2.20. The summed E-state index contributed by atoms with van der Waals surface area (Å²) in [6.07, 6.45) is 0.701. The van der Waals surface area contributed by atoms with Crippen molar-refractivity contribution in [2.45, 2.75) is 33.1 Å². The van der Waals surface area contributed by atoms with Crippen LogP contribution in [0.15, 0.2) is 42.5 Å². The van der Waals surface area contributed by atoms with E-state index in [0.29, 0.717) is 13.0 Å². The van der Waals surface area contributed by atoms with E-state index in [1.165, 1.54) is 16.7 Å². The summed E-state index contributed by atoms with van der Waals surface area (Å²) >= 11 is 0. The summed E-state index contributed by atoms with van der Waals surface area (Å²) in [4.78, 5) is 0. The topological polar surface area (TPSA) is 33.0 Å². The van der Waals surface area contributed by atoms with Crippen LogP contribution in [-0.2, 0) is 0 Å². The Labute approximate surface area is 127 Å². The first-order valence-electron chi connectivity index (χ1n) is 7.26. The Bertz CT molecular complexity index is 638. The summed E-state index contributed by atoms with van der Waals surface area (Å²) in [5.74, 6) is 0.760. The molecule has 0 saturated carbocycles. The van der Waals surface area contributed by atoms with Gasteiger partial charge in [-0.2, -0.15) is 5.26 Å². The molecule has 21 heavy (non-hydrogen) atoms. The maximum atomic E-state index is 9.32. The van der Waals surface area contributed by atoms with Crippen LogP contribution in [-0.4, -0.2) is 6.61 Å². The molecule has 0 N–H and O–H groups in total. The van der Waals surface area contributed by atoms with Crippen molar-refractivity contribution in [2.75, 3.05) is 6.61 Å². The molecule has 0 radical (unpaired) electrons. The van der Waals surface area contributed by atoms with E-state index in [-0.39, 0.29) is 5.92 Å². The predicted molar refractivity (Wildman–Crippen MR) is 85.6 cm³/mol. The molecule has 0 saturated heterocycles. The lowest BCUT2D eigenvalue weighted by atomic mass is 9.97. The lowest BCUT2D eigenvalue weighted by Crippen LogP contribution is -2.04. The van der Waals surface area contributed by atoms with Crippen LogP contribution < -0.4 is 4.74 Å². The minimum Gasteiger partial charge on any atom is -0.494 e. The van der Waals surface area contributed by atoms with Crippen LogP contribution in [0.3, 0.4) is 0 Å². The number of ether oxygens (including phenoxy) is 1. The van der Waals surface area contributed by atoms with E-state index in [2.05, 4.69) is 26.0 Å². The molecule has 0 heterocycles. The van der Waals surface area contributed by atoms with E-state index in [1.54, 1.807) is 0 Å². The quantitative estimate of drug-likeness (QED) is 0.795. The molecule has 2 aromatic carbocycles. The van der Waals surface area contributed by atoms with Gasteiger partial charge in [-0.25, -0.2) is 0 Å². The monoisotopic (exact) mass is 279 g/mol. The molecule has 108 valence electrons. The molecule has 1 unspecified atom stereocenters. The number of rotatable bonds is 5. The highest BCUT2D eigenvalue weighted by Crippen LogP contribution is 2.21. The van der Waals surface area contributed by atoms with Gasteiger partial charge in [-0.15, -0.1) is 0 Å². The Morgan fingerprint density at radius 2 is 1.71 bits per heavy atom. The molecule has 1 atom stereocenters. The van der Waals surface area contributed by atoms with E-state index in [9.17, 15) is 5.26 Å². The molecule has 0 spiro atoms. The molecule has 2 nitrogen and oxygen atoms in total. The van der Waals surface area contributed by atoms with Crippen molar-refractivity contribution in [1.82, 2.24) is 0 Å². The number of aryl methyl sites for hydroxylation is 3. The van der Waals surface area contributed by atoms with Gasteiger partial charge < -0.3 is 4.74 Å². The zero-order chi connectivity index (χ0) is 15.2. The van der Waals surface area contributed by atoms with Crippen molar-refractivity contribution >= 4 is 0 Å². The second-order valence-electron chi connectivity index (χ2n) is 5.48. The number of hydrogen-bond acceptors (Lipinski definition) is 2. The van der Waals surface area contributed by atoms with Crippen molar-refractivity contribution in [2.24, 2.45) is 0 Å². The summed E-state index contributed by atoms with van der Waals surface area (Å²) in [6, 6.07) is 16.6. The van der Waals surface area contributed by atoms with Crippen LogP contribution in [0.5, 0.6) is 5.75 Å². The summed E-state index contributed by atoms with van der Waals surface area (Å²) in [5, 5.41) is 9.32. The minimum absolute atomic E-state index is 0.114. The first-order valence-corrected chi connectivity index (χ1v) is 7.26. The van der Waals surface area contributed by atoms with Gasteiger partial charge in [0.05, 0.1) is 18.6 Å². The predicted octanol–water partition coefficient (Wildman–Crippen LogP) is 4.69. The minimum atomic E-state index is -0.114. The van der Waals surface area contributed by atoms with Crippen molar-refractivity contribution in [1.29, 1.82) is 5.26 Å². The molecule has 2 heteroatoms. The van der Waals surface area contributed by atoms with E-state index < -0.39 is 0 Å². The van der Waals surface area contributed by atoms with Crippen LogP contribution in [0.25, 0.3) is 0 Å². The fourth-order valence-electron chi connectivity index (χ4n) is 2.20. The van der Waals surface area contributed by atoms with Gasteiger partial charge in [-0.05, 0) is 49.6 Å². The summed E-state index contributed by atoms with van der Waals surface area (Å²) in [5.41, 5.74) is 4.76. The molecule has 2 aromatic rings. The number of benzene rings is 2. The van der Waals surface area contributed by atoms with Gasteiger partial charge in [0.1, 0.15) is 5.75 Å². The lowest BCUT2D eigenvalue weighted by Gasteiger charge is -2.12. The molecule has 0 fully saturated rings. The normalized spacial score (nSPS) is 11.7. The smallest absolute Gasteiger partial charge is 0.119 e. The van der Waals surface area contributed by atoms with E-state index in [1.807, 2.05) is 43.3 Å². The Balaban J connectivity index is 1.93. The molecular weight excluding hydrogens is 258 g/mol. The maximum Gasteiger partial charge on any atom is 0.119 e. The molecule has 0 aliphatic carbocycles. The Kier molecular flexibility index (Phi) is 5.00. The fraction of sp³-hybridized carbons (Fsp3) is 0.316. The van der Waals surface area contributed by atoms with E-state index in [4.69, 9.17) is 4.74 Å². The zero-order valence-electron chi connectivity index (χ0n) is 12.9. The molecule has 0 aliphatic rings. The Hall–Kier alpha value is -2.27. The standard InChI is InChI=1S/C19H21NO/c1-14-4-7-17(8-5-14)18(13-20)10-11-21-19-9-6-15(2)16(3)12-19/h4-9,12,18H,10-11H2,1-3H3. The number of nitrogens with zero attached hydrogens (tertiary/aromatic N) is 1. The van der Waals surface area contributed by atoms with Crippen LogP contribution in [0.1, 0.15) is 34.6 Å². The van der Waals surface area contributed by atoms with Crippen LogP contribution in [0.2, 0.25) is 0 Å². The zero-order valence-corrected chi connectivity index (χ0v) is 12.9. The van der Waals surface area contributed by atoms with Gasteiger partial charge in [0.15, 0.2) is 0 Å². The molecule has 0 amide bonds. The maximum absolute atomic E-state index is 9.32.